The minimum Gasteiger partial charge on any atom is -0.299 e. The molecule has 1 rings (SSSR count). The fraction of sp³-hybridized carbons (Fsp3) is 0.455. The van der Waals surface area contributed by atoms with Gasteiger partial charge in [-0.3, -0.25) is 4.90 Å². The fourth-order valence-corrected chi connectivity index (χ4v) is 1.71. The molecule has 1 aromatic rings. The van der Waals surface area contributed by atoms with Crippen LogP contribution in [0, 0.1) is 11.6 Å². The topological polar surface area (TPSA) is 3.24 Å². The Bertz CT molecular complexity index is 330. The quantitative estimate of drug-likeness (QED) is 0.765. The van der Waals surface area contributed by atoms with Crippen LogP contribution >= 0.6 is 15.9 Å². The molecule has 0 saturated heterocycles. The molecule has 0 aliphatic carbocycles. The second-order valence-corrected chi connectivity index (χ2v) is 4.28. The Kier molecular flexibility index (Phi) is 4.67. The van der Waals surface area contributed by atoms with Crippen LogP contribution in [0.5, 0.6) is 0 Å². The number of benzene rings is 1. The maximum atomic E-state index is 13.3. The summed E-state index contributed by atoms with van der Waals surface area (Å²) in [5.41, 5.74) is 0.394. The Hall–Kier alpha value is -0.480. The molecule has 0 fully saturated rings. The van der Waals surface area contributed by atoms with Gasteiger partial charge in [0.05, 0.1) is 0 Å². The SMILES string of the molecule is CC(CBr)N(C)Cc1cccc(F)c1F. The van der Waals surface area contributed by atoms with Crippen molar-refractivity contribution in [3.8, 4) is 0 Å². The van der Waals surface area contributed by atoms with E-state index in [1.54, 1.807) is 6.07 Å². The predicted octanol–water partition coefficient (Wildman–Crippen LogP) is 3.18. The van der Waals surface area contributed by atoms with Crippen molar-refractivity contribution in [2.45, 2.75) is 19.5 Å². The number of nitrogens with zero attached hydrogens (tertiary/aromatic N) is 1. The molecule has 1 nitrogen and oxygen atoms in total. The lowest BCUT2D eigenvalue weighted by Crippen LogP contribution is -2.30. The maximum Gasteiger partial charge on any atom is 0.163 e. The molecule has 84 valence electrons. The van der Waals surface area contributed by atoms with Crippen molar-refractivity contribution in [2.75, 3.05) is 12.4 Å². The van der Waals surface area contributed by atoms with Crippen LogP contribution in [0.15, 0.2) is 18.2 Å². The average Bonchev–Trinajstić information content (AvgIpc) is 2.23. The van der Waals surface area contributed by atoms with E-state index >= 15 is 0 Å². The lowest BCUT2D eigenvalue weighted by atomic mass is 10.2. The summed E-state index contributed by atoms with van der Waals surface area (Å²) >= 11 is 3.35. The van der Waals surface area contributed by atoms with Crippen LogP contribution in [-0.4, -0.2) is 23.3 Å². The first kappa shape index (κ1) is 12.6. The third kappa shape index (κ3) is 3.24. The van der Waals surface area contributed by atoms with Crippen molar-refractivity contribution in [2.24, 2.45) is 0 Å². The summed E-state index contributed by atoms with van der Waals surface area (Å²) in [6.07, 6.45) is 0. The molecular formula is C11H14BrF2N. The van der Waals surface area contributed by atoms with Crippen LogP contribution in [-0.2, 0) is 6.54 Å². The monoisotopic (exact) mass is 277 g/mol. The van der Waals surface area contributed by atoms with Crippen molar-refractivity contribution in [1.29, 1.82) is 0 Å². The average molecular weight is 278 g/mol. The molecule has 15 heavy (non-hydrogen) atoms. The van der Waals surface area contributed by atoms with E-state index in [1.807, 2.05) is 18.9 Å². The summed E-state index contributed by atoms with van der Waals surface area (Å²) < 4.78 is 26.2. The van der Waals surface area contributed by atoms with E-state index in [0.717, 1.165) is 11.4 Å². The zero-order valence-electron chi connectivity index (χ0n) is 8.80. The summed E-state index contributed by atoms with van der Waals surface area (Å²) in [6, 6.07) is 4.55. The third-order valence-corrected chi connectivity index (χ3v) is 3.36. The van der Waals surface area contributed by atoms with Crippen LogP contribution in [0.4, 0.5) is 8.78 Å². The van der Waals surface area contributed by atoms with Crippen LogP contribution in [0.2, 0.25) is 0 Å². The van der Waals surface area contributed by atoms with E-state index < -0.39 is 11.6 Å². The number of halogens is 3. The molecule has 4 heteroatoms. The molecule has 0 aromatic heterocycles. The van der Waals surface area contributed by atoms with E-state index in [-0.39, 0.29) is 6.04 Å². The maximum absolute atomic E-state index is 13.3. The normalized spacial score (nSPS) is 13.2. The van der Waals surface area contributed by atoms with Gasteiger partial charge in [-0.15, -0.1) is 0 Å². The smallest absolute Gasteiger partial charge is 0.163 e. The molecule has 0 saturated carbocycles. The van der Waals surface area contributed by atoms with E-state index in [1.165, 1.54) is 6.07 Å². The van der Waals surface area contributed by atoms with Crippen molar-refractivity contribution >= 4 is 15.9 Å². The van der Waals surface area contributed by atoms with E-state index in [2.05, 4.69) is 15.9 Å². The first-order valence-electron chi connectivity index (χ1n) is 4.75. The van der Waals surface area contributed by atoms with Gasteiger partial charge >= 0.3 is 0 Å². The molecule has 0 spiro atoms. The molecule has 1 aromatic carbocycles. The summed E-state index contributed by atoms with van der Waals surface area (Å²) in [6.45, 7) is 2.43. The molecule has 0 heterocycles. The Labute approximate surface area is 97.2 Å². The second-order valence-electron chi connectivity index (χ2n) is 3.63. The minimum atomic E-state index is -0.785. The highest BCUT2D eigenvalue weighted by Gasteiger charge is 2.12. The standard InChI is InChI=1S/C11H14BrF2N/c1-8(6-12)15(2)7-9-4-3-5-10(13)11(9)14/h3-5,8H,6-7H2,1-2H3. The van der Waals surface area contributed by atoms with Crippen LogP contribution in [0.3, 0.4) is 0 Å². The molecule has 0 bridgehead atoms. The first-order chi connectivity index (χ1) is 7.06. The lowest BCUT2D eigenvalue weighted by molar-refractivity contribution is 0.265. The Morgan fingerprint density at radius 1 is 1.40 bits per heavy atom. The Morgan fingerprint density at radius 2 is 2.07 bits per heavy atom. The fourth-order valence-electron chi connectivity index (χ4n) is 1.21. The zero-order chi connectivity index (χ0) is 11.4. The predicted molar refractivity (Wildman–Crippen MR) is 61.1 cm³/mol. The number of hydrogen-bond donors (Lipinski definition) is 0. The van der Waals surface area contributed by atoms with Gasteiger partial charge in [0.1, 0.15) is 0 Å². The highest BCUT2D eigenvalue weighted by molar-refractivity contribution is 9.09. The summed E-state index contributed by atoms with van der Waals surface area (Å²) in [4.78, 5) is 1.96. The van der Waals surface area contributed by atoms with Gasteiger partial charge in [0.25, 0.3) is 0 Å². The zero-order valence-corrected chi connectivity index (χ0v) is 10.4. The Morgan fingerprint density at radius 3 is 2.67 bits per heavy atom. The summed E-state index contributed by atoms with van der Waals surface area (Å²) in [7, 11) is 1.89. The third-order valence-electron chi connectivity index (χ3n) is 2.43. The molecule has 0 radical (unpaired) electrons. The van der Waals surface area contributed by atoms with Gasteiger partial charge < -0.3 is 0 Å². The lowest BCUT2D eigenvalue weighted by Gasteiger charge is -2.23. The van der Waals surface area contributed by atoms with Crippen molar-refractivity contribution in [3.05, 3.63) is 35.4 Å². The van der Waals surface area contributed by atoms with Gasteiger partial charge in [-0.2, -0.15) is 0 Å². The van der Waals surface area contributed by atoms with Gasteiger partial charge in [-0.1, -0.05) is 28.1 Å². The summed E-state index contributed by atoms with van der Waals surface area (Å²) in [5.74, 6) is -1.53. The van der Waals surface area contributed by atoms with E-state index in [4.69, 9.17) is 0 Å². The van der Waals surface area contributed by atoms with Gasteiger partial charge in [-0.25, -0.2) is 8.78 Å². The number of alkyl halides is 1. The van der Waals surface area contributed by atoms with E-state index in [9.17, 15) is 8.78 Å². The molecule has 0 aliphatic heterocycles. The second kappa shape index (κ2) is 5.56. The molecule has 0 N–H and O–H groups in total. The Balaban J connectivity index is 2.76. The molecular weight excluding hydrogens is 264 g/mol. The van der Waals surface area contributed by atoms with Crippen LogP contribution < -0.4 is 0 Å². The highest BCUT2D eigenvalue weighted by Crippen LogP contribution is 2.14. The molecule has 0 amide bonds. The van der Waals surface area contributed by atoms with Gasteiger partial charge in [0, 0.05) is 23.5 Å². The number of hydrogen-bond acceptors (Lipinski definition) is 1. The molecule has 1 unspecified atom stereocenters. The van der Waals surface area contributed by atoms with Gasteiger partial charge in [0.2, 0.25) is 0 Å². The van der Waals surface area contributed by atoms with E-state index in [0.29, 0.717) is 12.1 Å². The number of rotatable bonds is 4. The van der Waals surface area contributed by atoms with Crippen molar-refractivity contribution in [3.63, 3.8) is 0 Å². The van der Waals surface area contributed by atoms with Crippen molar-refractivity contribution in [1.82, 2.24) is 4.90 Å². The highest BCUT2D eigenvalue weighted by atomic mass is 79.9. The summed E-state index contributed by atoms with van der Waals surface area (Å²) in [5, 5.41) is 0.806. The minimum absolute atomic E-state index is 0.285. The van der Waals surface area contributed by atoms with Gasteiger partial charge in [-0.05, 0) is 20.0 Å². The molecule has 1 atom stereocenters. The largest absolute Gasteiger partial charge is 0.299 e. The van der Waals surface area contributed by atoms with Crippen LogP contribution in [0.25, 0.3) is 0 Å². The van der Waals surface area contributed by atoms with Gasteiger partial charge in [0.15, 0.2) is 11.6 Å². The molecule has 0 aliphatic rings. The van der Waals surface area contributed by atoms with Crippen molar-refractivity contribution < 1.29 is 8.78 Å². The van der Waals surface area contributed by atoms with Crippen LogP contribution in [0.1, 0.15) is 12.5 Å². The first-order valence-corrected chi connectivity index (χ1v) is 5.87.